The van der Waals surface area contributed by atoms with Crippen LogP contribution in [0.2, 0.25) is 0 Å². The fourth-order valence-electron chi connectivity index (χ4n) is 2.98. The van der Waals surface area contributed by atoms with Crippen molar-refractivity contribution >= 4 is 27.6 Å². The minimum Gasteiger partial charge on any atom is -0.354 e. The average molecular weight is 324 g/mol. The van der Waals surface area contributed by atoms with Gasteiger partial charge in [0.05, 0.1) is 0 Å². The molecule has 2 heterocycles. The van der Waals surface area contributed by atoms with Crippen LogP contribution < -0.4 is 0 Å². The number of amidine groups is 1. The third-order valence-electron chi connectivity index (χ3n) is 3.94. The lowest BCUT2D eigenvalue weighted by Crippen LogP contribution is -2.35. The molecular formula is C15H20N2O2S2. The predicted octanol–water partition coefficient (Wildman–Crippen LogP) is 2.74. The normalized spacial score (nSPS) is 24.3. The second kappa shape index (κ2) is 6.01. The van der Waals surface area contributed by atoms with E-state index in [1.165, 1.54) is 12.8 Å². The molecule has 21 heavy (non-hydrogen) atoms. The van der Waals surface area contributed by atoms with E-state index in [2.05, 4.69) is 16.2 Å². The van der Waals surface area contributed by atoms with Crippen molar-refractivity contribution in [3.05, 3.63) is 29.8 Å². The molecule has 0 radical (unpaired) electrons. The smallest absolute Gasteiger partial charge is 0.285 e. The van der Waals surface area contributed by atoms with Crippen molar-refractivity contribution in [1.82, 2.24) is 4.90 Å². The second-order valence-electron chi connectivity index (χ2n) is 5.41. The fraction of sp³-hybridized carbons (Fsp3) is 0.533. The van der Waals surface area contributed by atoms with Gasteiger partial charge >= 0.3 is 0 Å². The van der Waals surface area contributed by atoms with E-state index in [4.69, 9.17) is 0 Å². The first-order chi connectivity index (χ1) is 10.1. The van der Waals surface area contributed by atoms with E-state index in [9.17, 15) is 8.42 Å². The van der Waals surface area contributed by atoms with Gasteiger partial charge in [0.1, 0.15) is 4.90 Å². The van der Waals surface area contributed by atoms with Gasteiger partial charge in [0, 0.05) is 23.9 Å². The maximum atomic E-state index is 12.2. The summed E-state index contributed by atoms with van der Waals surface area (Å²) < 4.78 is 28.4. The van der Waals surface area contributed by atoms with Crippen LogP contribution >= 0.6 is 11.8 Å². The zero-order valence-electron chi connectivity index (χ0n) is 12.2. The van der Waals surface area contributed by atoms with E-state index in [1.54, 1.807) is 12.1 Å². The number of nitrogens with zero attached hydrogens (tertiary/aromatic N) is 2. The third kappa shape index (κ3) is 2.97. The molecule has 0 bridgehead atoms. The Bertz CT molecular complexity index is 655. The van der Waals surface area contributed by atoms with Crippen molar-refractivity contribution in [3.8, 4) is 0 Å². The van der Waals surface area contributed by atoms with E-state index in [-0.39, 0.29) is 0 Å². The number of hydrogen-bond donors (Lipinski definition) is 0. The molecule has 2 aliphatic heterocycles. The molecular weight excluding hydrogens is 304 g/mol. The molecule has 1 aromatic rings. The van der Waals surface area contributed by atoms with E-state index in [0.29, 0.717) is 16.0 Å². The second-order valence-corrected chi connectivity index (χ2v) is 8.56. The quantitative estimate of drug-likeness (QED) is 0.839. The van der Waals surface area contributed by atoms with Crippen LogP contribution in [0, 0.1) is 0 Å². The maximum absolute atomic E-state index is 12.2. The Hall–Kier alpha value is -1.01. The van der Waals surface area contributed by atoms with Crippen molar-refractivity contribution in [2.45, 2.75) is 36.3 Å². The first kappa shape index (κ1) is 14.9. The summed E-state index contributed by atoms with van der Waals surface area (Å²) in [5.74, 6) is 1.74. The molecule has 0 saturated carbocycles. The number of hydrogen-bond acceptors (Lipinski definition) is 4. The van der Waals surface area contributed by atoms with Gasteiger partial charge in [-0.05, 0) is 30.7 Å². The van der Waals surface area contributed by atoms with Gasteiger partial charge in [-0.3, -0.25) is 0 Å². The van der Waals surface area contributed by atoms with Crippen LogP contribution in [-0.4, -0.2) is 43.2 Å². The summed E-state index contributed by atoms with van der Waals surface area (Å²) in [5.41, 5.74) is 0.764. The molecule has 1 unspecified atom stereocenters. The largest absolute Gasteiger partial charge is 0.354 e. The highest BCUT2D eigenvalue weighted by Gasteiger charge is 2.32. The summed E-state index contributed by atoms with van der Waals surface area (Å²) in [7, 11) is -3.51. The van der Waals surface area contributed by atoms with E-state index in [1.807, 2.05) is 23.9 Å². The molecule has 4 nitrogen and oxygen atoms in total. The lowest BCUT2D eigenvalue weighted by molar-refractivity contribution is 0.440. The Labute approximate surface area is 130 Å². The van der Waals surface area contributed by atoms with Crippen LogP contribution in [0.4, 0.5) is 0 Å². The predicted molar refractivity (Wildman–Crippen MR) is 87.5 cm³/mol. The first-order valence-corrected chi connectivity index (χ1v) is 9.91. The molecule has 6 heteroatoms. The van der Waals surface area contributed by atoms with Crippen LogP contribution in [-0.2, 0) is 10.0 Å². The van der Waals surface area contributed by atoms with Crippen LogP contribution in [0.25, 0.3) is 0 Å². The summed E-state index contributed by atoms with van der Waals surface area (Å²) >= 11 is 1.96. The van der Waals surface area contributed by atoms with E-state index in [0.717, 1.165) is 30.8 Å². The van der Waals surface area contributed by atoms with Gasteiger partial charge < -0.3 is 4.90 Å². The molecule has 0 N–H and O–H groups in total. The number of fused-ring (bicyclic) bond motifs is 1. The van der Waals surface area contributed by atoms with Gasteiger partial charge in [0.2, 0.25) is 0 Å². The van der Waals surface area contributed by atoms with Crippen LogP contribution in [0.1, 0.15) is 31.7 Å². The Morgan fingerprint density at radius 2 is 2.14 bits per heavy atom. The van der Waals surface area contributed by atoms with Crippen molar-refractivity contribution in [3.63, 3.8) is 0 Å². The zero-order chi connectivity index (χ0) is 14.9. The van der Waals surface area contributed by atoms with Crippen molar-refractivity contribution < 1.29 is 8.42 Å². The molecule has 1 fully saturated rings. The summed E-state index contributed by atoms with van der Waals surface area (Å²) in [6, 6.07) is 7.15. The standard InChI is InChI=1S/C15H20N2O2S2/c1-2-20-12-7-5-6-10-17(11-12)15-13-8-3-4-9-14(13)21(18,19)16-15/h3-4,8-9,12H,2,5-7,10-11H2,1H3. The van der Waals surface area contributed by atoms with Crippen LogP contribution in [0.3, 0.4) is 0 Å². The summed E-state index contributed by atoms with van der Waals surface area (Å²) in [5, 5.41) is 0.565. The molecule has 0 spiro atoms. The van der Waals surface area contributed by atoms with Crippen molar-refractivity contribution in [1.29, 1.82) is 0 Å². The summed E-state index contributed by atoms with van der Waals surface area (Å²) in [4.78, 5) is 2.52. The number of benzene rings is 1. The molecule has 0 aromatic heterocycles. The number of likely N-dealkylation sites (tertiary alicyclic amines) is 1. The molecule has 0 aliphatic carbocycles. The topological polar surface area (TPSA) is 49.7 Å². The van der Waals surface area contributed by atoms with Gasteiger partial charge in [-0.25, -0.2) is 0 Å². The molecule has 1 aromatic carbocycles. The van der Waals surface area contributed by atoms with Gasteiger partial charge in [0.15, 0.2) is 5.84 Å². The van der Waals surface area contributed by atoms with Gasteiger partial charge in [-0.15, -0.1) is 4.40 Å². The third-order valence-corrected chi connectivity index (χ3v) is 6.46. The highest BCUT2D eigenvalue weighted by atomic mass is 32.2. The van der Waals surface area contributed by atoms with Crippen LogP contribution in [0.15, 0.2) is 33.6 Å². The Balaban J connectivity index is 1.93. The fourth-order valence-corrected chi connectivity index (χ4v) is 5.30. The maximum Gasteiger partial charge on any atom is 0.285 e. The highest BCUT2D eigenvalue weighted by molar-refractivity contribution is 7.99. The molecule has 1 atom stereocenters. The monoisotopic (exact) mass is 324 g/mol. The SMILES string of the molecule is CCSC1CCCCN(C2=NS(=O)(=O)c3ccccc32)C1. The van der Waals surface area contributed by atoms with Gasteiger partial charge in [-0.2, -0.15) is 20.2 Å². The number of rotatable bonds is 2. The van der Waals surface area contributed by atoms with E-state index < -0.39 is 10.0 Å². The lowest BCUT2D eigenvalue weighted by Gasteiger charge is -2.25. The zero-order valence-corrected chi connectivity index (χ0v) is 13.8. The first-order valence-electron chi connectivity index (χ1n) is 7.43. The van der Waals surface area contributed by atoms with Gasteiger partial charge in [0.25, 0.3) is 10.0 Å². The summed E-state index contributed by atoms with van der Waals surface area (Å²) in [6.07, 6.45) is 3.51. The highest BCUT2D eigenvalue weighted by Crippen LogP contribution is 2.30. The Kier molecular flexibility index (Phi) is 4.26. The number of thioether (sulfide) groups is 1. The van der Waals surface area contributed by atoms with Crippen molar-refractivity contribution in [2.24, 2.45) is 4.40 Å². The minimum absolute atomic E-state index is 0.351. The van der Waals surface area contributed by atoms with Crippen molar-refractivity contribution in [2.75, 3.05) is 18.8 Å². The number of sulfonamides is 1. The lowest BCUT2D eigenvalue weighted by atomic mass is 10.2. The minimum atomic E-state index is -3.51. The molecule has 2 aliphatic rings. The molecule has 114 valence electrons. The molecule has 1 saturated heterocycles. The molecule has 3 rings (SSSR count). The Morgan fingerprint density at radius 1 is 1.33 bits per heavy atom. The van der Waals surface area contributed by atoms with E-state index >= 15 is 0 Å². The van der Waals surface area contributed by atoms with Gasteiger partial charge in [-0.1, -0.05) is 25.5 Å². The van der Waals surface area contributed by atoms with Crippen LogP contribution in [0.5, 0.6) is 0 Å². The molecule has 0 amide bonds. The summed E-state index contributed by atoms with van der Waals surface area (Å²) in [6.45, 7) is 3.96. The average Bonchev–Trinajstić information content (AvgIpc) is 2.63. The Morgan fingerprint density at radius 3 is 2.95 bits per heavy atom.